The van der Waals surface area contributed by atoms with E-state index in [9.17, 15) is 5.11 Å². The van der Waals surface area contributed by atoms with Crippen LogP contribution in [0.2, 0.25) is 0 Å². The molecule has 2 heterocycles. The van der Waals surface area contributed by atoms with Crippen molar-refractivity contribution in [1.29, 1.82) is 0 Å². The lowest BCUT2D eigenvalue weighted by atomic mass is 10.0. The maximum absolute atomic E-state index is 9.46. The van der Waals surface area contributed by atoms with Crippen molar-refractivity contribution in [1.82, 2.24) is 9.88 Å². The van der Waals surface area contributed by atoms with Gasteiger partial charge in [0.1, 0.15) is 5.82 Å². The average molecular weight is 249 g/mol. The van der Waals surface area contributed by atoms with E-state index in [1.165, 1.54) is 12.8 Å². The summed E-state index contributed by atoms with van der Waals surface area (Å²) in [6.45, 7) is 3.88. The summed E-state index contributed by atoms with van der Waals surface area (Å²) >= 11 is 0. The summed E-state index contributed by atoms with van der Waals surface area (Å²) < 4.78 is 0. The second-order valence-corrected chi connectivity index (χ2v) is 5.31. The zero-order chi connectivity index (χ0) is 13.1. The molecule has 1 saturated heterocycles. The van der Waals surface area contributed by atoms with Gasteiger partial charge in [-0.15, -0.1) is 0 Å². The highest BCUT2D eigenvalue weighted by atomic mass is 16.3. The highest BCUT2D eigenvalue weighted by Crippen LogP contribution is 2.21. The molecular weight excluding hydrogens is 226 g/mol. The number of hydrogen-bond acceptors (Lipinski definition) is 4. The number of hydrogen-bond donors (Lipinski definition) is 1. The fourth-order valence-electron chi connectivity index (χ4n) is 2.44. The van der Waals surface area contributed by atoms with E-state index in [1.54, 1.807) is 13.1 Å². The molecule has 0 aliphatic carbocycles. The Morgan fingerprint density at radius 3 is 2.44 bits per heavy atom. The molecular formula is C14H23N3O. The summed E-state index contributed by atoms with van der Waals surface area (Å²) in [5.41, 5.74) is 0.877. The summed E-state index contributed by atoms with van der Waals surface area (Å²) in [7, 11) is 4.30. The minimum absolute atomic E-state index is 0.439. The molecule has 1 aromatic heterocycles. The molecule has 1 N–H and O–H groups in total. The molecule has 1 aliphatic heterocycles. The van der Waals surface area contributed by atoms with E-state index in [0.717, 1.165) is 24.5 Å². The third-order valence-electron chi connectivity index (χ3n) is 3.77. The first-order valence-electron chi connectivity index (χ1n) is 6.63. The normalized spacial score (nSPS) is 19.3. The maximum Gasteiger partial charge on any atom is 0.128 e. The third kappa shape index (κ3) is 3.00. The van der Waals surface area contributed by atoms with Gasteiger partial charge in [-0.05, 0) is 45.5 Å². The Morgan fingerprint density at radius 1 is 1.33 bits per heavy atom. The number of rotatable bonds is 3. The van der Waals surface area contributed by atoms with E-state index in [0.29, 0.717) is 6.04 Å². The molecule has 1 unspecified atom stereocenters. The molecule has 1 aliphatic rings. The fourth-order valence-corrected chi connectivity index (χ4v) is 2.44. The molecule has 1 fully saturated rings. The predicted octanol–water partition coefficient (Wildman–Crippen LogP) is 1.67. The predicted molar refractivity (Wildman–Crippen MR) is 73.8 cm³/mol. The van der Waals surface area contributed by atoms with E-state index in [1.807, 2.05) is 12.1 Å². The van der Waals surface area contributed by atoms with Crippen LogP contribution in [0, 0.1) is 0 Å². The van der Waals surface area contributed by atoms with Crippen LogP contribution < -0.4 is 4.90 Å². The minimum atomic E-state index is -0.439. The van der Waals surface area contributed by atoms with Crippen molar-refractivity contribution in [2.24, 2.45) is 0 Å². The van der Waals surface area contributed by atoms with Crippen molar-refractivity contribution in [2.75, 3.05) is 32.1 Å². The van der Waals surface area contributed by atoms with Gasteiger partial charge in [-0.25, -0.2) is 4.98 Å². The Hall–Kier alpha value is -1.13. The second-order valence-electron chi connectivity index (χ2n) is 5.31. The Bertz CT molecular complexity index is 367. The largest absolute Gasteiger partial charge is 0.389 e. The fraction of sp³-hybridized carbons (Fsp3) is 0.643. The molecule has 0 bridgehead atoms. The van der Waals surface area contributed by atoms with Crippen LogP contribution in [0.3, 0.4) is 0 Å². The van der Waals surface area contributed by atoms with Crippen LogP contribution in [0.25, 0.3) is 0 Å². The van der Waals surface area contributed by atoms with Crippen LogP contribution in [-0.4, -0.2) is 48.2 Å². The lowest BCUT2D eigenvalue weighted by Crippen LogP contribution is -2.42. The van der Waals surface area contributed by atoms with Crippen molar-refractivity contribution in [3.8, 4) is 0 Å². The van der Waals surface area contributed by atoms with Gasteiger partial charge >= 0.3 is 0 Å². The van der Waals surface area contributed by atoms with Crippen molar-refractivity contribution in [3.05, 3.63) is 23.9 Å². The van der Waals surface area contributed by atoms with Gasteiger partial charge in [0.2, 0.25) is 0 Å². The number of aromatic nitrogens is 1. The van der Waals surface area contributed by atoms with Crippen molar-refractivity contribution >= 4 is 5.82 Å². The first kappa shape index (κ1) is 13.3. The zero-order valence-corrected chi connectivity index (χ0v) is 11.5. The lowest BCUT2D eigenvalue weighted by molar-refractivity contribution is 0.199. The standard InChI is InChI=1S/C14H23N3O/c1-11(18)12-4-5-14(15-10-12)17-8-6-13(7-9-17)16(2)3/h4-5,10-11,13,18H,6-9H2,1-3H3. The van der Waals surface area contributed by atoms with Crippen LogP contribution in [0.15, 0.2) is 18.3 Å². The van der Waals surface area contributed by atoms with Crippen LogP contribution in [0.4, 0.5) is 5.82 Å². The maximum atomic E-state index is 9.46. The number of aliphatic hydroxyl groups is 1. The van der Waals surface area contributed by atoms with Gasteiger partial charge in [-0.3, -0.25) is 0 Å². The van der Waals surface area contributed by atoms with Crippen LogP contribution in [-0.2, 0) is 0 Å². The van der Waals surface area contributed by atoms with Crippen LogP contribution in [0.5, 0.6) is 0 Å². The lowest BCUT2D eigenvalue weighted by Gasteiger charge is -2.35. The molecule has 0 saturated carbocycles. The summed E-state index contributed by atoms with van der Waals surface area (Å²) in [4.78, 5) is 9.08. The first-order valence-corrected chi connectivity index (χ1v) is 6.63. The molecule has 100 valence electrons. The van der Waals surface area contributed by atoms with Crippen LogP contribution in [0.1, 0.15) is 31.4 Å². The van der Waals surface area contributed by atoms with Gasteiger partial charge in [-0.1, -0.05) is 6.07 Å². The number of aliphatic hydroxyl groups excluding tert-OH is 1. The van der Waals surface area contributed by atoms with E-state index in [-0.39, 0.29) is 0 Å². The summed E-state index contributed by atoms with van der Waals surface area (Å²) in [5.74, 6) is 1.02. The van der Waals surface area contributed by atoms with E-state index < -0.39 is 6.10 Å². The molecule has 0 radical (unpaired) electrons. The third-order valence-corrected chi connectivity index (χ3v) is 3.77. The molecule has 2 rings (SSSR count). The van der Waals surface area contributed by atoms with Gasteiger partial charge in [0, 0.05) is 25.3 Å². The zero-order valence-electron chi connectivity index (χ0n) is 11.5. The van der Waals surface area contributed by atoms with Gasteiger partial charge in [0.25, 0.3) is 0 Å². The van der Waals surface area contributed by atoms with Gasteiger partial charge in [0.15, 0.2) is 0 Å². The smallest absolute Gasteiger partial charge is 0.128 e. The molecule has 4 nitrogen and oxygen atoms in total. The van der Waals surface area contributed by atoms with Crippen molar-refractivity contribution < 1.29 is 5.11 Å². The molecule has 0 aromatic carbocycles. The molecule has 1 atom stereocenters. The summed E-state index contributed by atoms with van der Waals surface area (Å²) in [5, 5.41) is 9.46. The molecule has 0 spiro atoms. The van der Waals surface area contributed by atoms with Crippen molar-refractivity contribution in [2.45, 2.75) is 31.9 Å². The molecule has 1 aromatic rings. The topological polar surface area (TPSA) is 39.6 Å². The Balaban J connectivity index is 1.97. The summed E-state index contributed by atoms with van der Waals surface area (Å²) in [6.07, 6.45) is 3.71. The quantitative estimate of drug-likeness (QED) is 0.884. The SMILES string of the molecule is CC(O)c1ccc(N2CCC(N(C)C)CC2)nc1. The van der Waals surface area contributed by atoms with E-state index in [4.69, 9.17) is 0 Å². The van der Waals surface area contributed by atoms with Gasteiger partial charge in [0.05, 0.1) is 6.10 Å². The molecule has 4 heteroatoms. The number of piperidine rings is 1. The van der Waals surface area contributed by atoms with Gasteiger partial charge in [-0.2, -0.15) is 0 Å². The monoisotopic (exact) mass is 249 g/mol. The van der Waals surface area contributed by atoms with E-state index >= 15 is 0 Å². The number of pyridine rings is 1. The highest BCUT2D eigenvalue weighted by molar-refractivity contribution is 5.40. The number of nitrogens with zero attached hydrogens (tertiary/aromatic N) is 3. The second kappa shape index (κ2) is 5.67. The van der Waals surface area contributed by atoms with Crippen molar-refractivity contribution in [3.63, 3.8) is 0 Å². The number of anilines is 1. The first-order chi connectivity index (χ1) is 8.58. The highest BCUT2D eigenvalue weighted by Gasteiger charge is 2.21. The Labute approximate surface area is 109 Å². The molecule has 0 amide bonds. The minimum Gasteiger partial charge on any atom is -0.389 e. The Morgan fingerprint density at radius 2 is 2.00 bits per heavy atom. The average Bonchev–Trinajstić information content (AvgIpc) is 2.39. The van der Waals surface area contributed by atoms with Gasteiger partial charge < -0.3 is 14.9 Å². The van der Waals surface area contributed by atoms with Crippen LogP contribution >= 0.6 is 0 Å². The summed E-state index contributed by atoms with van der Waals surface area (Å²) in [6, 6.07) is 4.67. The molecule has 18 heavy (non-hydrogen) atoms. The van der Waals surface area contributed by atoms with E-state index in [2.05, 4.69) is 28.9 Å². The Kier molecular flexibility index (Phi) is 4.19.